The van der Waals surface area contributed by atoms with Crippen LogP contribution in [0.5, 0.6) is 0 Å². The van der Waals surface area contributed by atoms with Gasteiger partial charge in [-0.1, -0.05) is 24.6 Å². The van der Waals surface area contributed by atoms with E-state index >= 15 is 4.39 Å². The number of aromatic amines is 1. The molecule has 1 atom stereocenters. The number of fused-ring (bicyclic) bond motifs is 2. The van der Waals surface area contributed by atoms with Gasteiger partial charge in [-0.05, 0) is 31.5 Å². The Bertz CT molecular complexity index is 1390. The summed E-state index contributed by atoms with van der Waals surface area (Å²) < 4.78 is 16.0. The second-order valence-corrected chi connectivity index (χ2v) is 8.87. The Morgan fingerprint density at radius 1 is 1.24 bits per heavy atom. The van der Waals surface area contributed by atoms with Crippen molar-refractivity contribution in [3.63, 3.8) is 0 Å². The molecule has 5 rings (SSSR count). The van der Waals surface area contributed by atoms with E-state index in [9.17, 15) is 4.79 Å². The van der Waals surface area contributed by atoms with Gasteiger partial charge < -0.3 is 9.80 Å². The minimum absolute atomic E-state index is 0.0251. The Labute approximate surface area is 195 Å². The number of H-pyrrole nitrogens is 1. The zero-order valence-corrected chi connectivity index (χ0v) is 19.4. The fraction of sp³-hybridized carbons (Fsp3) is 0.333. The van der Waals surface area contributed by atoms with Gasteiger partial charge >= 0.3 is 0 Å². The number of aryl methyl sites for hydroxylation is 1. The topological polar surface area (TPSA) is 78.0 Å². The van der Waals surface area contributed by atoms with E-state index in [0.29, 0.717) is 53.4 Å². The highest BCUT2D eigenvalue weighted by atomic mass is 35.5. The number of carbonyl (C=O) groups excluding carboxylic acids is 1. The summed E-state index contributed by atoms with van der Waals surface area (Å²) in [5.41, 5.74) is 2.93. The number of aromatic nitrogens is 4. The van der Waals surface area contributed by atoms with E-state index in [0.717, 1.165) is 16.5 Å². The molecular weight excluding hydrogens is 443 g/mol. The molecule has 0 saturated carbocycles. The molecule has 1 aliphatic heterocycles. The standard InChI is InChI=1S/C24H24ClFN6O/c1-4-19(33)32-8-7-31(11-14(32)3)24-15-9-17(25)21(22(26)23(15)27-12-28-24)20-13(2)5-6-18-16(20)10-29-30-18/h5-6,9-10,12,14H,4,7-8,11H2,1-3H3,(H,29,30). The van der Waals surface area contributed by atoms with Crippen molar-refractivity contribution in [3.8, 4) is 11.1 Å². The van der Waals surface area contributed by atoms with Crippen LogP contribution in [0.3, 0.4) is 0 Å². The van der Waals surface area contributed by atoms with Crippen LogP contribution in [0.2, 0.25) is 5.02 Å². The smallest absolute Gasteiger partial charge is 0.222 e. The average Bonchev–Trinajstić information content (AvgIpc) is 3.28. The number of carbonyl (C=O) groups is 1. The lowest BCUT2D eigenvalue weighted by Gasteiger charge is -2.40. The van der Waals surface area contributed by atoms with Crippen LogP contribution in [0.15, 0.2) is 30.7 Å². The largest absolute Gasteiger partial charge is 0.352 e. The van der Waals surface area contributed by atoms with Crippen molar-refractivity contribution in [3.05, 3.63) is 47.1 Å². The highest BCUT2D eigenvalue weighted by Crippen LogP contribution is 2.41. The van der Waals surface area contributed by atoms with Crippen molar-refractivity contribution in [2.75, 3.05) is 24.5 Å². The number of anilines is 1. The summed E-state index contributed by atoms with van der Waals surface area (Å²) in [6.45, 7) is 7.61. The molecule has 33 heavy (non-hydrogen) atoms. The van der Waals surface area contributed by atoms with Crippen molar-refractivity contribution in [2.24, 2.45) is 0 Å². The molecule has 1 unspecified atom stereocenters. The predicted molar refractivity (Wildman–Crippen MR) is 128 cm³/mol. The maximum absolute atomic E-state index is 16.0. The Morgan fingerprint density at radius 2 is 2.06 bits per heavy atom. The Hall–Kier alpha value is -3.26. The summed E-state index contributed by atoms with van der Waals surface area (Å²) in [6.07, 6.45) is 3.55. The number of hydrogen-bond acceptors (Lipinski definition) is 5. The SMILES string of the molecule is CCC(=O)N1CCN(c2ncnc3c(F)c(-c4c(C)ccc5[nH]ncc45)c(Cl)cc23)CC1C. The van der Waals surface area contributed by atoms with E-state index in [1.165, 1.54) is 6.33 Å². The molecule has 1 aliphatic rings. The maximum Gasteiger partial charge on any atom is 0.222 e. The molecule has 4 aromatic rings. The lowest BCUT2D eigenvalue weighted by atomic mass is 9.95. The number of amides is 1. The summed E-state index contributed by atoms with van der Waals surface area (Å²) >= 11 is 6.71. The van der Waals surface area contributed by atoms with Gasteiger partial charge in [0.1, 0.15) is 17.7 Å². The first-order valence-corrected chi connectivity index (χ1v) is 11.4. The van der Waals surface area contributed by atoms with Gasteiger partial charge in [0.05, 0.1) is 16.7 Å². The van der Waals surface area contributed by atoms with Crippen LogP contribution < -0.4 is 4.90 Å². The van der Waals surface area contributed by atoms with E-state index in [2.05, 4.69) is 25.1 Å². The van der Waals surface area contributed by atoms with Crippen LogP contribution in [-0.2, 0) is 4.79 Å². The van der Waals surface area contributed by atoms with Crippen LogP contribution in [0.4, 0.5) is 10.2 Å². The number of nitrogens with zero attached hydrogens (tertiary/aromatic N) is 5. The third-order valence-electron chi connectivity index (χ3n) is 6.43. The van der Waals surface area contributed by atoms with Gasteiger partial charge in [0.2, 0.25) is 5.91 Å². The van der Waals surface area contributed by atoms with Crippen LogP contribution in [0.1, 0.15) is 25.8 Å². The predicted octanol–water partition coefficient (Wildman–Crippen LogP) is 4.72. The molecule has 1 fully saturated rings. The third-order valence-corrected chi connectivity index (χ3v) is 6.73. The molecule has 1 N–H and O–H groups in total. The van der Waals surface area contributed by atoms with Crippen LogP contribution in [0, 0.1) is 12.7 Å². The van der Waals surface area contributed by atoms with Crippen molar-refractivity contribution < 1.29 is 9.18 Å². The van der Waals surface area contributed by atoms with Gasteiger partial charge in [0.15, 0.2) is 5.82 Å². The van der Waals surface area contributed by atoms with E-state index in [1.54, 1.807) is 12.3 Å². The van der Waals surface area contributed by atoms with Gasteiger partial charge in [0, 0.05) is 54.0 Å². The normalized spacial score (nSPS) is 16.7. The number of benzene rings is 2. The first-order valence-electron chi connectivity index (χ1n) is 11.0. The molecule has 9 heteroatoms. The first kappa shape index (κ1) is 21.6. The van der Waals surface area contributed by atoms with E-state index in [1.807, 2.05) is 37.8 Å². The number of nitrogens with one attached hydrogen (secondary N) is 1. The lowest BCUT2D eigenvalue weighted by molar-refractivity contribution is -0.133. The molecule has 0 radical (unpaired) electrons. The van der Waals surface area contributed by atoms with E-state index in [-0.39, 0.29) is 17.5 Å². The number of piperazine rings is 1. The molecule has 1 saturated heterocycles. The Kier molecular flexibility index (Phi) is 5.40. The van der Waals surface area contributed by atoms with E-state index < -0.39 is 5.82 Å². The maximum atomic E-state index is 16.0. The summed E-state index contributed by atoms with van der Waals surface area (Å²) in [5.74, 6) is 0.282. The highest BCUT2D eigenvalue weighted by Gasteiger charge is 2.29. The van der Waals surface area contributed by atoms with Crippen LogP contribution in [-0.4, -0.2) is 56.6 Å². The molecule has 0 spiro atoms. The van der Waals surface area contributed by atoms with E-state index in [4.69, 9.17) is 11.6 Å². The van der Waals surface area contributed by atoms with Gasteiger partial charge in [-0.25, -0.2) is 14.4 Å². The van der Waals surface area contributed by atoms with Gasteiger partial charge in [-0.15, -0.1) is 0 Å². The number of rotatable bonds is 3. The molecule has 7 nitrogen and oxygen atoms in total. The summed E-state index contributed by atoms with van der Waals surface area (Å²) in [6, 6.07) is 5.60. The van der Waals surface area contributed by atoms with Crippen molar-refractivity contribution >= 4 is 45.1 Å². The van der Waals surface area contributed by atoms with Gasteiger partial charge in [-0.2, -0.15) is 5.10 Å². The van der Waals surface area contributed by atoms with Gasteiger partial charge in [0.25, 0.3) is 0 Å². The van der Waals surface area contributed by atoms with Crippen molar-refractivity contribution in [1.82, 2.24) is 25.1 Å². The summed E-state index contributed by atoms with van der Waals surface area (Å²) in [4.78, 5) is 24.9. The lowest BCUT2D eigenvalue weighted by Crippen LogP contribution is -2.54. The fourth-order valence-electron chi connectivity index (χ4n) is 4.78. The molecule has 0 aliphatic carbocycles. The molecule has 2 aromatic heterocycles. The average molecular weight is 467 g/mol. The Balaban J connectivity index is 1.62. The summed E-state index contributed by atoms with van der Waals surface area (Å²) in [5, 5.41) is 8.69. The molecule has 0 bridgehead atoms. The molecule has 1 amide bonds. The fourth-order valence-corrected chi connectivity index (χ4v) is 5.07. The molecular formula is C24H24ClFN6O. The zero-order valence-electron chi connectivity index (χ0n) is 18.7. The highest BCUT2D eigenvalue weighted by molar-refractivity contribution is 6.35. The van der Waals surface area contributed by atoms with Crippen molar-refractivity contribution in [2.45, 2.75) is 33.2 Å². The van der Waals surface area contributed by atoms with Crippen LogP contribution in [0.25, 0.3) is 32.9 Å². The minimum atomic E-state index is -0.481. The van der Waals surface area contributed by atoms with Gasteiger partial charge in [-0.3, -0.25) is 9.89 Å². The molecule has 170 valence electrons. The first-order chi connectivity index (χ1) is 15.9. The minimum Gasteiger partial charge on any atom is -0.352 e. The third kappa shape index (κ3) is 3.49. The molecule has 2 aromatic carbocycles. The zero-order chi connectivity index (χ0) is 23.3. The number of hydrogen-bond donors (Lipinski definition) is 1. The quantitative estimate of drug-likeness (QED) is 0.472. The molecule has 3 heterocycles. The second-order valence-electron chi connectivity index (χ2n) is 8.47. The monoisotopic (exact) mass is 466 g/mol. The summed E-state index contributed by atoms with van der Waals surface area (Å²) in [7, 11) is 0. The second kappa shape index (κ2) is 8.26. The van der Waals surface area contributed by atoms with Crippen LogP contribution >= 0.6 is 11.6 Å². The Morgan fingerprint density at radius 3 is 2.82 bits per heavy atom. The van der Waals surface area contributed by atoms with Crippen molar-refractivity contribution in [1.29, 1.82) is 0 Å². The number of halogens is 2.